The molecule has 9 heteroatoms. The number of ether oxygens (including phenoxy) is 2. The average molecular weight is 422 g/mol. The Balaban J connectivity index is 1.54. The smallest absolute Gasteiger partial charge is 0.417 e. The van der Waals surface area contributed by atoms with Crippen LogP contribution < -0.4 is 9.47 Å². The molecule has 0 radical (unpaired) electrons. The molecule has 6 nitrogen and oxygen atoms in total. The number of piperazine rings is 1. The van der Waals surface area contributed by atoms with Crippen LogP contribution in [0.1, 0.15) is 15.9 Å². The lowest BCUT2D eigenvalue weighted by Crippen LogP contribution is -2.51. The molecule has 0 atom stereocenters. The third-order valence-corrected chi connectivity index (χ3v) is 4.80. The Morgan fingerprint density at radius 1 is 0.900 bits per heavy atom. The summed E-state index contributed by atoms with van der Waals surface area (Å²) in [7, 11) is 1.55. The van der Waals surface area contributed by atoms with Gasteiger partial charge in [0.05, 0.1) is 18.2 Å². The summed E-state index contributed by atoms with van der Waals surface area (Å²) in [5, 5.41) is 0. The van der Waals surface area contributed by atoms with Crippen LogP contribution in [0.25, 0.3) is 0 Å². The lowest BCUT2D eigenvalue weighted by Gasteiger charge is -2.35. The van der Waals surface area contributed by atoms with Crippen LogP contribution in [0.5, 0.6) is 11.5 Å². The van der Waals surface area contributed by atoms with Crippen molar-refractivity contribution in [1.29, 1.82) is 0 Å². The van der Waals surface area contributed by atoms with Gasteiger partial charge in [0.2, 0.25) is 0 Å². The largest absolute Gasteiger partial charge is 0.497 e. The predicted octanol–water partition coefficient (Wildman–Crippen LogP) is 3.08. The van der Waals surface area contributed by atoms with Crippen molar-refractivity contribution in [3.63, 3.8) is 0 Å². The molecule has 2 aromatic carbocycles. The Kier molecular flexibility index (Phi) is 6.49. The Bertz CT molecular complexity index is 892. The van der Waals surface area contributed by atoms with E-state index in [1.165, 1.54) is 28.0 Å². The van der Waals surface area contributed by atoms with E-state index < -0.39 is 17.6 Å². The molecule has 0 N–H and O–H groups in total. The number of carbonyl (C=O) groups is 2. The first-order valence-corrected chi connectivity index (χ1v) is 9.29. The zero-order valence-electron chi connectivity index (χ0n) is 16.3. The van der Waals surface area contributed by atoms with Gasteiger partial charge >= 0.3 is 6.18 Å². The van der Waals surface area contributed by atoms with Crippen LogP contribution in [0, 0.1) is 0 Å². The number of rotatable bonds is 5. The number of hydrogen-bond donors (Lipinski definition) is 0. The van der Waals surface area contributed by atoms with E-state index in [1.807, 2.05) is 0 Å². The van der Waals surface area contributed by atoms with Gasteiger partial charge in [-0.05, 0) is 36.4 Å². The third kappa shape index (κ3) is 5.03. The number of benzene rings is 2. The number of halogens is 3. The van der Waals surface area contributed by atoms with Gasteiger partial charge in [-0.25, -0.2) is 0 Å². The summed E-state index contributed by atoms with van der Waals surface area (Å²) in [6.07, 6.45) is -4.61. The highest BCUT2D eigenvalue weighted by Crippen LogP contribution is 2.32. The molecule has 2 amide bonds. The second-order valence-electron chi connectivity index (χ2n) is 6.68. The van der Waals surface area contributed by atoms with Crippen molar-refractivity contribution < 1.29 is 32.2 Å². The van der Waals surface area contributed by atoms with Gasteiger partial charge in [-0.2, -0.15) is 13.2 Å². The normalized spacial score (nSPS) is 14.4. The van der Waals surface area contributed by atoms with Crippen LogP contribution in [0.4, 0.5) is 13.2 Å². The molecular formula is C21H21F3N2O4. The van der Waals surface area contributed by atoms with E-state index in [0.717, 1.165) is 6.07 Å². The molecule has 0 aromatic heterocycles. The van der Waals surface area contributed by atoms with Crippen LogP contribution in [-0.4, -0.2) is 61.5 Å². The topological polar surface area (TPSA) is 59.1 Å². The van der Waals surface area contributed by atoms with Crippen molar-refractivity contribution in [3.8, 4) is 11.5 Å². The number of hydrogen-bond acceptors (Lipinski definition) is 4. The maximum Gasteiger partial charge on any atom is 0.417 e. The van der Waals surface area contributed by atoms with E-state index in [1.54, 1.807) is 31.4 Å². The second kappa shape index (κ2) is 9.06. The molecule has 1 saturated heterocycles. The molecule has 2 aromatic rings. The molecule has 30 heavy (non-hydrogen) atoms. The molecule has 0 saturated carbocycles. The molecule has 1 heterocycles. The zero-order valence-corrected chi connectivity index (χ0v) is 16.3. The van der Waals surface area contributed by atoms with Crippen molar-refractivity contribution in [1.82, 2.24) is 9.80 Å². The summed E-state index contributed by atoms with van der Waals surface area (Å²) >= 11 is 0. The molecule has 1 aliphatic heterocycles. The summed E-state index contributed by atoms with van der Waals surface area (Å²) in [4.78, 5) is 27.8. The van der Waals surface area contributed by atoms with E-state index in [2.05, 4.69) is 0 Å². The highest BCUT2D eigenvalue weighted by molar-refractivity contribution is 5.96. The van der Waals surface area contributed by atoms with Gasteiger partial charge in [-0.1, -0.05) is 12.1 Å². The highest BCUT2D eigenvalue weighted by atomic mass is 19.4. The van der Waals surface area contributed by atoms with Crippen LogP contribution in [0.2, 0.25) is 0 Å². The Hall–Kier alpha value is -3.23. The maximum atomic E-state index is 13.2. The Labute approximate surface area is 171 Å². The van der Waals surface area contributed by atoms with Crippen LogP contribution in [0.15, 0.2) is 48.5 Å². The monoisotopic (exact) mass is 422 g/mol. The van der Waals surface area contributed by atoms with Gasteiger partial charge in [0.15, 0.2) is 6.61 Å². The van der Waals surface area contributed by atoms with E-state index >= 15 is 0 Å². The fourth-order valence-corrected chi connectivity index (χ4v) is 3.15. The number of amides is 2. The van der Waals surface area contributed by atoms with Gasteiger partial charge < -0.3 is 19.3 Å². The molecule has 0 aliphatic carbocycles. The number of carbonyl (C=O) groups excluding carboxylic acids is 2. The van der Waals surface area contributed by atoms with E-state index in [9.17, 15) is 22.8 Å². The quantitative estimate of drug-likeness (QED) is 0.743. The summed E-state index contributed by atoms with van der Waals surface area (Å²) in [5.41, 5.74) is -1.34. The first kappa shape index (κ1) is 21.5. The molecule has 1 aliphatic rings. The second-order valence-corrected chi connectivity index (χ2v) is 6.68. The van der Waals surface area contributed by atoms with Gasteiger partial charge in [0, 0.05) is 26.2 Å². The summed E-state index contributed by atoms with van der Waals surface area (Å²) in [5.74, 6) is 0.237. The average Bonchev–Trinajstić information content (AvgIpc) is 2.77. The van der Waals surface area contributed by atoms with E-state index in [0.29, 0.717) is 11.5 Å². The van der Waals surface area contributed by atoms with Gasteiger partial charge in [0.25, 0.3) is 11.8 Å². The molecule has 0 unspecified atom stereocenters. The highest BCUT2D eigenvalue weighted by Gasteiger charge is 2.36. The van der Waals surface area contributed by atoms with Crippen molar-refractivity contribution in [2.75, 3.05) is 39.9 Å². The third-order valence-electron chi connectivity index (χ3n) is 4.80. The first-order chi connectivity index (χ1) is 14.3. The number of alkyl halides is 3. The fourth-order valence-electron chi connectivity index (χ4n) is 3.15. The summed E-state index contributed by atoms with van der Waals surface area (Å²) in [6.45, 7) is 0.589. The van der Waals surface area contributed by atoms with E-state index in [4.69, 9.17) is 9.47 Å². The molecule has 3 rings (SSSR count). The minimum absolute atomic E-state index is 0.152. The van der Waals surface area contributed by atoms with Crippen molar-refractivity contribution >= 4 is 11.8 Å². The number of nitrogens with zero attached hydrogens (tertiary/aromatic N) is 2. The van der Waals surface area contributed by atoms with Crippen LogP contribution >= 0.6 is 0 Å². The van der Waals surface area contributed by atoms with Gasteiger partial charge in [0.1, 0.15) is 11.5 Å². The van der Waals surface area contributed by atoms with Crippen LogP contribution in [-0.2, 0) is 11.0 Å². The maximum absolute atomic E-state index is 13.2. The summed E-state index contributed by atoms with van der Waals surface area (Å²) < 4.78 is 50.0. The summed E-state index contributed by atoms with van der Waals surface area (Å²) in [6, 6.07) is 11.5. The molecular weight excluding hydrogens is 401 g/mol. The lowest BCUT2D eigenvalue weighted by atomic mass is 10.1. The van der Waals surface area contributed by atoms with Gasteiger partial charge in [-0.3, -0.25) is 9.59 Å². The first-order valence-electron chi connectivity index (χ1n) is 9.29. The molecule has 0 spiro atoms. The van der Waals surface area contributed by atoms with Crippen molar-refractivity contribution in [3.05, 3.63) is 59.7 Å². The standard InChI is InChI=1S/C21H21F3N2O4/c1-29-15-6-8-16(9-7-15)30-14-19(27)25-10-12-26(13-11-25)20(28)17-4-2-3-5-18(17)21(22,23)24/h2-9H,10-14H2,1H3. The lowest BCUT2D eigenvalue weighted by molar-refractivity contribution is -0.138. The number of methoxy groups -OCH3 is 1. The van der Waals surface area contributed by atoms with Crippen molar-refractivity contribution in [2.45, 2.75) is 6.18 Å². The van der Waals surface area contributed by atoms with Gasteiger partial charge in [-0.15, -0.1) is 0 Å². The molecule has 0 bridgehead atoms. The SMILES string of the molecule is COc1ccc(OCC(=O)N2CCN(C(=O)c3ccccc3C(F)(F)F)CC2)cc1. The fraction of sp³-hybridized carbons (Fsp3) is 0.333. The minimum Gasteiger partial charge on any atom is -0.497 e. The Morgan fingerprint density at radius 2 is 1.47 bits per heavy atom. The Morgan fingerprint density at radius 3 is 2.07 bits per heavy atom. The van der Waals surface area contributed by atoms with Crippen LogP contribution in [0.3, 0.4) is 0 Å². The van der Waals surface area contributed by atoms with Crippen molar-refractivity contribution in [2.24, 2.45) is 0 Å². The molecule has 1 fully saturated rings. The zero-order chi connectivity index (χ0) is 21.7. The van der Waals surface area contributed by atoms with E-state index in [-0.39, 0.29) is 44.3 Å². The molecule has 160 valence electrons. The minimum atomic E-state index is -4.61. The predicted molar refractivity (Wildman–Crippen MR) is 102 cm³/mol.